The first kappa shape index (κ1) is 14.3. The van der Waals surface area contributed by atoms with Crippen LogP contribution in [-0.4, -0.2) is 36.4 Å². The molecule has 1 amide bonds. The van der Waals surface area contributed by atoms with Crippen LogP contribution in [0.25, 0.3) is 0 Å². The molecule has 1 aliphatic rings. The molecule has 2 rings (SSSR count). The van der Waals surface area contributed by atoms with Crippen molar-refractivity contribution in [1.29, 1.82) is 0 Å². The van der Waals surface area contributed by atoms with E-state index in [1.807, 2.05) is 30.3 Å². The molecule has 0 radical (unpaired) electrons. The lowest BCUT2D eigenvalue weighted by Crippen LogP contribution is -2.45. The second-order valence-corrected chi connectivity index (χ2v) is 4.74. The van der Waals surface area contributed by atoms with Crippen LogP contribution in [0, 0.1) is 5.92 Å². The van der Waals surface area contributed by atoms with Crippen LogP contribution in [0.5, 0.6) is 0 Å². The lowest BCUT2D eigenvalue weighted by molar-refractivity contribution is -0.141. The molecule has 108 valence electrons. The lowest BCUT2D eigenvalue weighted by atomic mass is 9.98. The van der Waals surface area contributed by atoms with E-state index in [0.717, 1.165) is 5.56 Å². The van der Waals surface area contributed by atoms with Crippen LogP contribution < -0.4 is 5.32 Å². The summed E-state index contributed by atoms with van der Waals surface area (Å²) in [6.45, 7) is 1.21. The standard InChI is InChI=1S/C14H17NO5/c16-13(17)12(6-11-7-19-8-11)15-14(18)20-9-10-4-2-1-3-5-10/h1-5,11-12H,6-9H2,(H,15,18)(H,16,17)/t12-/m0/s1. The maximum Gasteiger partial charge on any atom is 0.408 e. The molecule has 0 spiro atoms. The number of amides is 1. The summed E-state index contributed by atoms with van der Waals surface area (Å²) in [7, 11) is 0. The predicted octanol–water partition coefficient (Wildman–Crippen LogP) is 1.40. The fourth-order valence-corrected chi connectivity index (χ4v) is 1.88. The SMILES string of the molecule is O=C(N[C@@H](CC1COC1)C(=O)O)OCc1ccccc1. The zero-order chi connectivity index (χ0) is 14.4. The van der Waals surface area contributed by atoms with E-state index in [9.17, 15) is 9.59 Å². The Morgan fingerprint density at radius 2 is 2.05 bits per heavy atom. The third-order valence-electron chi connectivity index (χ3n) is 3.08. The van der Waals surface area contributed by atoms with Crippen LogP contribution in [-0.2, 0) is 20.9 Å². The lowest BCUT2D eigenvalue weighted by Gasteiger charge is -2.28. The van der Waals surface area contributed by atoms with E-state index in [1.165, 1.54) is 0 Å². The van der Waals surface area contributed by atoms with Crippen molar-refractivity contribution in [2.75, 3.05) is 13.2 Å². The van der Waals surface area contributed by atoms with Gasteiger partial charge in [0, 0.05) is 5.92 Å². The van der Waals surface area contributed by atoms with Crippen molar-refractivity contribution in [3.8, 4) is 0 Å². The van der Waals surface area contributed by atoms with Gasteiger partial charge in [-0.25, -0.2) is 9.59 Å². The van der Waals surface area contributed by atoms with E-state index < -0.39 is 18.1 Å². The number of rotatable bonds is 6. The van der Waals surface area contributed by atoms with Crippen LogP contribution in [0.4, 0.5) is 4.79 Å². The summed E-state index contributed by atoms with van der Waals surface area (Å²) in [6, 6.07) is 8.26. The van der Waals surface area contributed by atoms with Crippen molar-refractivity contribution in [2.45, 2.75) is 19.1 Å². The summed E-state index contributed by atoms with van der Waals surface area (Å²) in [5.74, 6) is -0.876. The van der Waals surface area contributed by atoms with Crippen molar-refractivity contribution in [3.05, 3.63) is 35.9 Å². The van der Waals surface area contributed by atoms with Gasteiger partial charge >= 0.3 is 12.1 Å². The van der Waals surface area contributed by atoms with Gasteiger partial charge in [0.2, 0.25) is 0 Å². The number of hydrogen-bond acceptors (Lipinski definition) is 4. The number of nitrogens with one attached hydrogen (secondary N) is 1. The summed E-state index contributed by atoms with van der Waals surface area (Å²) in [5.41, 5.74) is 0.849. The van der Waals surface area contributed by atoms with E-state index in [0.29, 0.717) is 19.6 Å². The first-order valence-electron chi connectivity index (χ1n) is 6.43. The molecule has 1 saturated heterocycles. The molecule has 0 aliphatic carbocycles. The van der Waals surface area contributed by atoms with Gasteiger partial charge in [-0.05, 0) is 12.0 Å². The molecule has 1 aromatic carbocycles. The molecule has 1 fully saturated rings. The molecule has 2 N–H and O–H groups in total. The minimum absolute atomic E-state index is 0.117. The van der Waals surface area contributed by atoms with Gasteiger partial charge in [0.05, 0.1) is 13.2 Å². The van der Waals surface area contributed by atoms with E-state index >= 15 is 0 Å². The quantitative estimate of drug-likeness (QED) is 0.822. The van der Waals surface area contributed by atoms with E-state index in [4.69, 9.17) is 14.6 Å². The molecule has 1 aromatic rings. The second kappa shape index (κ2) is 6.91. The fourth-order valence-electron chi connectivity index (χ4n) is 1.88. The number of ether oxygens (including phenoxy) is 2. The zero-order valence-corrected chi connectivity index (χ0v) is 11.0. The molecule has 6 heteroatoms. The molecule has 1 atom stereocenters. The molecule has 1 heterocycles. The topological polar surface area (TPSA) is 84.9 Å². The Labute approximate surface area is 116 Å². The molecule has 0 bridgehead atoms. The summed E-state index contributed by atoms with van der Waals surface area (Å²) in [6.07, 6.45) is -0.364. The largest absolute Gasteiger partial charge is 0.480 e. The first-order valence-corrected chi connectivity index (χ1v) is 6.43. The summed E-state index contributed by atoms with van der Waals surface area (Å²) in [4.78, 5) is 22.7. The smallest absolute Gasteiger partial charge is 0.408 e. The summed E-state index contributed by atoms with van der Waals surface area (Å²) < 4.78 is 9.99. The summed E-state index contributed by atoms with van der Waals surface area (Å²) >= 11 is 0. The van der Waals surface area contributed by atoms with Gasteiger partial charge in [-0.1, -0.05) is 30.3 Å². The normalized spacial score (nSPS) is 16.0. The Morgan fingerprint density at radius 1 is 1.35 bits per heavy atom. The van der Waals surface area contributed by atoms with Crippen molar-refractivity contribution in [2.24, 2.45) is 5.92 Å². The Morgan fingerprint density at radius 3 is 2.60 bits per heavy atom. The Hall–Kier alpha value is -2.08. The molecule has 20 heavy (non-hydrogen) atoms. The van der Waals surface area contributed by atoms with Crippen LogP contribution in [0.15, 0.2) is 30.3 Å². The van der Waals surface area contributed by atoms with Crippen molar-refractivity contribution in [3.63, 3.8) is 0 Å². The highest BCUT2D eigenvalue weighted by Crippen LogP contribution is 2.16. The predicted molar refractivity (Wildman–Crippen MR) is 70.1 cm³/mol. The third-order valence-corrected chi connectivity index (χ3v) is 3.08. The molecular formula is C14H17NO5. The molecule has 6 nitrogen and oxygen atoms in total. The maximum absolute atomic E-state index is 11.6. The van der Waals surface area contributed by atoms with Gasteiger partial charge in [-0.3, -0.25) is 0 Å². The second-order valence-electron chi connectivity index (χ2n) is 4.74. The third kappa shape index (κ3) is 4.24. The van der Waals surface area contributed by atoms with Crippen LogP contribution in [0.1, 0.15) is 12.0 Å². The highest BCUT2D eigenvalue weighted by Gasteiger charge is 2.28. The maximum atomic E-state index is 11.6. The molecule has 1 aliphatic heterocycles. The van der Waals surface area contributed by atoms with Gasteiger partial charge in [0.25, 0.3) is 0 Å². The van der Waals surface area contributed by atoms with E-state index in [2.05, 4.69) is 5.32 Å². The molecular weight excluding hydrogens is 262 g/mol. The Bertz CT molecular complexity index is 458. The van der Waals surface area contributed by atoms with Gasteiger partial charge < -0.3 is 19.9 Å². The van der Waals surface area contributed by atoms with Gasteiger partial charge in [-0.15, -0.1) is 0 Å². The number of aliphatic carboxylic acids is 1. The Balaban J connectivity index is 1.77. The Kier molecular flexibility index (Phi) is 4.95. The highest BCUT2D eigenvalue weighted by molar-refractivity contribution is 5.79. The molecule has 0 unspecified atom stereocenters. The fraction of sp³-hybridized carbons (Fsp3) is 0.429. The van der Waals surface area contributed by atoms with E-state index in [-0.39, 0.29) is 12.5 Å². The first-order chi connectivity index (χ1) is 9.65. The minimum Gasteiger partial charge on any atom is -0.480 e. The number of carboxylic acid groups (broad SMARTS) is 1. The van der Waals surface area contributed by atoms with Crippen molar-refractivity contribution >= 4 is 12.1 Å². The van der Waals surface area contributed by atoms with Gasteiger partial charge in [-0.2, -0.15) is 0 Å². The zero-order valence-electron chi connectivity index (χ0n) is 11.0. The molecule has 0 aromatic heterocycles. The highest BCUT2D eigenvalue weighted by atomic mass is 16.5. The number of carbonyl (C=O) groups is 2. The van der Waals surface area contributed by atoms with Crippen LogP contribution in [0.2, 0.25) is 0 Å². The van der Waals surface area contributed by atoms with Gasteiger partial charge in [0.15, 0.2) is 0 Å². The van der Waals surface area contributed by atoms with Crippen molar-refractivity contribution < 1.29 is 24.2 Å². The molecule has 0 saturated carbocycles. The average Bonchev–Trinajstić information content (AvgIpc) is 2.40. The average molecular weight is 279 g/mol. The minimum atomic E-state index is -1.06. The van der Waals surface area contributed by atoms with Gasteiger partial charge in [0.1, 0.15) is 12.6 Å². The van der Waals surface area contributed by atoms with Crippen LogP contribution in [0.3, 0.4) is 0 Å². The van der Waals surface area contributed by atoms with Crippen LogP contribution >= 0.6 is 0 Å². The van der Waals surface area contributed by atoms with E-state index in [1.54, 1.807) is 0 Å². The van der Waals surface area contributed by atoms with Crippen molar-refractivity contribution in [1.82, 2.24) is 5.32 Å². The monoisotopic (exact) mass is 279 g/mol. The summed E-state index contributed by atoms with van der Waals surface area (Å²) in [5, 5.41) is 11.4. The number of carboxylic acids is 1. The number of carbonyl (C=O) groups excluding carboxylic acids is 1. The number of alkyl carbamates (subject to hydrolysis) is 1. The number of benzene rings is 1. The number of hydrogen-bond donors (Lipinski definition) is 2.